The number of nitrogen functional groups attached to an aromatic ring is 1. The fourth-order valence-corrected chi connectivity index (χ4v) is 2.61. The molecule has 1 aliphatic rings. The molecule has 1 aromatic heterocycles. The summed E-state index contributed by atoms with van der Waals surface area (Å²) in [6.07, 6.45) is 4.01. The van der Waals surface area contributed by atoms with Gasteiger partial charge in [0.1, 0.15) is 0 Å². The Morgan fingerprint density at radius 1 is 1.42 bits per heavy atom. The first-order valence-electron chi connectivity index (χ1n) is 6.69. The Morgan fingerprint density at radius 3 is 3.11 bits per heavy atom. The van der Waals surface area contributed by atoms with Crippen molar-refractivity contribution in [2.75, 3.05) is 24.2 Å². The van der Waals surface area contributed by atoms with Gasteiger partial charge < -0.3 is 15.8 Å². The van der Waals surface area contributed by atoms with Gasteiger partial charge in [0.15, 0.2) is 0 Å². The van der Waals surface area contributed by atoms with Crippen LogP contribution in [-0.4, -0.2) is 23.7 Å². The third kappa shape index (κ3) is 2.36. The Morgan fingerprint density at radius 2 is 2.32 bits per heavy atom. The lowest BCUT2D eigenvalue weighted by atomic mass is 10.0. The van der Waals surface area contributed by atoms with Gasteiger partial charge in [-0.1, -0.05) is 0 Å². The molecule has 1 aliphatic heterocycles. The molecular formula is C15H19N3O. The van der Waals surface area contributed by atoms with Crippen LogP contribution in [0.5, 0.6) is 0 Å². The van der Waals surface area contributed by atoms with Gasteiger partial charge in [-0.25, -0.2) is 0 Å². The van der Waals surface area contributed by atoms with E-state index in [2.05, 4.69) is 17.2 Å². The summed E-state index contributed by atoms with van der Waals surface area (Å²) in [6.45, 7) is 3.83. The van der Waals surface area contributed by atoms with Crippen LogP contribution in [0.1, 0.15) is 19.8 Å². The number of anilines is 2. The first-order chi connectivity index (χ1) is 9.18. The van der Waals surface area contributed by atoms with Crippen LogP contribution in [0.25, 0.3) is 10.9 Å². The summed E-state index contributed by atoms with van der Waals surface area (Å²) in [7, 11) is 0. The number of rotatable bonds is 3. The second-order valence-electron chi connectivity index (χ2n) is 5.36. The van der Waals surface area contributed by atoms with Gasteiger partial charge >= 0.3 is 0 Å². The first kappa shape index (κ1) is 12.2. The number of pyridine rings is 1. The normalized spacial score (nSPS) is 22.8. The summed E-state index contributed by atoms with van der Waals surface area (Å²) >= 11 is 0. The molecule has 0 radical (unpaired) electrons. The molecule has 0 amide bonds. The van der Waals surface area contributed by atoms with Gasteiger partial charge in [-0.2, -0.15) is 0 Å². The smallest absolute Gasteiger partial charge is 0.0951 e. The van der Waals surface area contributed by atoms with Crippen LogP contribution in [0.2, 0.25) is 0 Å². The molecule has 1 unspecified atom stereocenters. The van der Waals surface area contributed by atoms with E-state index >= 15 is 0 Å². The topological polar surface area (TPSA) is 60.2 Å². The lowest BCUT2D eigenvalue weighted by Gasteiger charge is -2.24. The van der Waals surface area contributed by atoms with Gasteiger partial charge in [-0.05, 0) is 44.0 Å². The summed E-state index contributed by atoms with van der Waals surface area (Å²) in [5.74, 6) is 0. The Bertz CT molecular complexity index is 591. The van der Waals surface area contributed by atoms with E-state index in [0.29, 0.717) is 5.69 Å². The standard InChI is InChI=1S/C15H19N3O/c1-15(7-3-9-19-15)10-18-13-6-5-12(16)14-11(13)4-2-8-17-14/h2,4-6,8,18H,3,7,9-10,16H2,1H3. The van der Waals surface area contributed by atoms with Crippen molar-refractivity contribution in [2.24, 2.45) is 0 Å². The van der Waals surface area contributed by atoms with Crippen LogP contribution in [0.4, 0.5) is 11.4 Å². The van der Waals surface area contributed by atoms with E-state index in [-0.39, 0.29) is 5.60 Å². The molecule has 4 nitrogen and oxygen atoms in total. The quantitative estimate of drug-likeness (QED) is 0.830. The summed E-state index contributed by atoms with van der Waals surface area (Å²) < 4.78 is 5.80. The largest absolute Gasteiger partial charge is 0.397 e. The average molecular weight is 257 g/mol. The monoisotopic (exact) mass is 257 g/mol. The van der Waals surface area contributed by atoms with Gasteiger partial charge in [-0.3, -0.25) is 4.98 Å². The summed E-state index contributed by atoms with van der Waals surface area (Å²) in [5, 5.41) is 4.54. The fourth-order valence-electron chi connectivity index (χ4n) is 2.61. The molecule has 1 aromatic carbocycles. The lowest BCUT2D eigenvalue weighted by molar-refractivity contribution is 0.0315. The van der Waals surface area contributed by atoms with Crippen LogP contribution in [0, 0.1) is 0 Å². The summed E-state index contributed by atoms with van der Waals surface area (Å²) in [6, 6.07) is 7.88. The molecule has 3 N–H and O–H groups in total. The van der Waals surface area contributed by atoms with E-state index in [1.54, 1.807) is 6.20 Å². The molecule has 1 fully saturated rings. The van der Waals surface area contributed by atoms with E-state index in [4.69, 9.17) is 10.5 Å². The van der Waals surface area contributed by atoms with E-state index in [1.807, 2.05) is 24.3 Å². The minimum atomic E-state index is -0.0596. The molecule has 0 aliphatic carbocycles. The number of nitrogens with two attached hydrogens (primary N) is 1. The maximum absolute atomic E-state index is 5.95. The Hall–Kier alpha value is -1.81. The molecule has 100 valence electrons. The maximum atomic E-state index is 5.95. The molecule has 4 heteroatoms. The van der Waals surface area contributed by atoms with Gasteiger partial charge in [0, 0.05) is 30.4 Å². The van der Waals surface area contributed by atoms with Gasteiger partial charge in [0.05, 0.1) is 16.8 Å². The predicted octanol–water partition coefficient (Wildman–Crippen LogP) is 2.80. The maximum Gasteiger partial charge on any atom is 0.0951 e. The number of hydrogen-bond acceptors (Lipinski definition) is 4. The molecule has 19 heavy (non-hydrogen) atoms. The van der Waals surface area contributed by atoms with Crippen molar-refractivity contribution in [1.82, 2.24) is 4.98 Å². The van der Waals surface area contributed by atoms with Crippen LogP contribution >= 0.6 is 0 Å². The van der Waals surface area contributed by atoms with Gasteiger partial charge in [0.2, 0.25) is 0 Å². The minimum Gasteiger partial charge on any atom is -0.397 e. The number of hydrogen-bond donors (Lipinski definition) is 2. The van der Waals surface area contributed by atoms with Crippen LogP contribution < -0.4 is 11.1 Å². The highest BCUT2D eigenvalue weighted by atomic mass is 16.5. The fraction of sp³-hybridized carbons (Fsp3) is 0.400. The number of nitrogens with one attached hydrogen (secondary N) is 1. The second-order valence-corrected chi connectivity index (χ2v) is 5.36. The van der Waals surface area contributed by atoms with Crippen molar-refractivity contribution in [1.29, 1.82) is 0 Å². The molecule has 0 spiro atoms. The summed E-state index contributed by atoms with van der Waals surface area (Å²) in [5.41, 5.74) is 8.52. The highest BCUT2D eigenvalue weighted by molar-refractivity contribution is 5.98. The van der Waals surface area contributed by atoms with Crippen molar-refractivity contribution in [2.45, 2.75) is 25.4 Å². The molecule has 0 bridgehead atoms. The highest BCUT2D eigenvalue weighted by Crippen LogP contribution is 2.29. The first-order valence-corrected chi connectivity index (χ1v) is 6.69. The van der Waals surface area contributed by atoms with E-state index in [9.17, 15) is 0 Å². The zero-order chi connectivity index (χ0) is 13.3. The number of ether oxygens (including phenoxy) is 1. The molecular weight excluding hydrogens is 238 g/mol. The van der Waals surface area contributed by atoms with E-state index < -0.39 is 0 Å². The zero-order valence-electron chi connectivity index (χ0n) is 11.1. The second kappa shape index (κ2) is 4.70. The predicted molar refractivity (Wildman–Crippen MR) is 78.2 cm³/mol. The average Bonchev–Trinajstić information content (AvgIpc) is 2.86. The van der Waals surface area contributed by atoms with Crippen LogP contribution in [0.15, 0.2) is 30.5 Å². The molecule has 3 rings (SSSR count). The molecule has 1 saturated heterocycles. The van der Waals surface area contributed by atoms with Crippen molar-refractivity contribution in [3.63, 3.8) is 0 Å². The number of benzene rings is 1. The third-order valence-corrected chi connectivity index (χ3v) is 3.75. The van der Waals surface area contributed by atoms with E-state index in [1.165, 1.54) is 0 Å². The third-order valence-electron chi connectivity index (χ3n) is 3.75. The number of nitrogens with zero attached hydrogens (tertiary/aromatic N) is 1. The van der Waals surface area contributed by atoms with Crippen molar-refractivity contribution in [3.05, 3.63) is 30.5 Å². The highest BCUT2D eigenvalue weighted by Gasteiger charge is 2.29. The Labute approximate surface area is 113 Å². The Balaban J connectivity index is 1.87. The minimum absolute atomic E-state index is 0.0596. The zero-order valence-corrected chi connectivity index (χ0v) is 11.1. The van der Waals surface area contributed by atoms with Gasteiger partial charge in [-0.15, -0.1) is 0 Å². The van der Waals surface area contributed by atoms with Crippen LogP contribution in [-0.2, 0) is 4.74 Å². The lowest BCUT2D eigenvalue weighted by Crippen LogP contribution is -2.32. The molecule has 2 heterocycles. The molecule has 1 atom stereocenters. The van der Waals surface area contributed by atoms with Crippen LogP contribution in [0.3, 0.4) is 0 Å². The molecule has 0 saturated carbocycles. The van der Waals surface area contributed by atoms with Gasteiger partial charge in [0.25, 0.3) is 0 Å². The van der Waals surface area contributed by atoms with E-state index in [0.717, 1.165) is 42.6 Å². The van der Waals surface area contributed by atoms with Crippen molar-refractivity contribution >= 4 is 22.3 Å². The van der Waals surface area contributed by atoms with Crippen molar-refractivity contribution < 1.29 is 4.74 Å². The van der Waals surface area contributed by atoms with Crippen molar-refractivity contribution in [3.8, 4) is 0 Å². The SMILES string of the molecule is CC1(CNc2ccc(N)c3ncccc23)CCCO1. The number of fused-ring (bicyclic) bond motifs is 1. The molecule has 2 aromatic rings. The Kier molecular flexibility index (Phi) is 3.03. The summed E-state index contributed by atoms with van der Waals surface area (Å²) in [4.78, 5) is 4.34. The number of aromatic nitrogens is 1.